The van der Waals surface area contributed by atoms with E-state index >= 15 is 0 Å². The molecule has 152 valence electrons. The van der Waals surface area contributed by atoms with E-state index in [1.165, 1.54) is 42.7 Å². The Balaban J connectivity index is 1.59. The van der Waals surface area contributed by atoms with E-state index in [4.69, 9.17) is 4.74 Å². The van der Waals surface area contributed by atoms with Gasteiger partial charge in [0.2, 0.25) is 0 Å². The summed E-state index contributed by atoms with van der Waals surface area (Å²) >= 11 is 3.63. The van der Waals surface area contributed by atoms with Crippen molar-refractivity contribution in [3.05, 3.63) is 69.0 Å². The molecule has 3 aromatic rings. The third-order valence-electron chi connectivity index (χ3n) is 6.89. The lowest BCUT2D eigenvalue weighted by molar-refractivity contribution is 0.0186. The molecule has 5 heterocycles. The third-order valence-corrected chi connectivity index (χ3v) is 8.29. The fraction of sp³-hybridized carbons (Fsp3) is 0.417. The maximum absolute atomic E-state index is 5.73. The largest absolute Gasteiger partial charge is 0.495 e. The summed E-state index contributed by atoms with van der Waals surface area (Å²) in [5.41, 5.74) is 4.13. The van der Waals surface area contributed by atoms with Crippen molar-refractivity contribution in [3.8, 4) is 5.75 Å². The standard InChI is InChI=1S/C24H28N2OS2/c1-25(20-5-3-4-6-21(20)27-2)23-17-7-11-26(12-8-17)24(23)22(18-9-13-28-15-18)19-10-14-29-16-19/h3-6,9-10,13-17,22-24H,7-8,11-12H2,1-2H3. The molecule has 2 bridgehead atoms. The molecule has 0 N–H and O–H groups in total. The van der Waals surface area contributed by atoms with E-state index in [1.54, 1.807) is 7.11 Å². The molecule has 0 spiro atoms. The lowest BCUT2D eigenvalue weighted by Crippen LogP contribution is -2.65. The predicted molar refractivity (Wildman–Crippen MR) is 124 cm³/mol. The van der Waals surface area contributed by atoms with Crippen LogP contribution in [0.4, 0.5) is 5.69 Å². The zero-order valence-corrected chi connectivity index (χ0v) is 18.7. The van der Waals surface area contributed by atoms with E-state index in [-0.39, 0.29) is 0 Å². The molecule has 0 aliphatic carbocycles. The minimum atomic E-state index is 0.415. The van der Waals surface area contributed by atoms with Gasteiger partial charge >= 0.3 is 0 Å². The molecule has 3 saturated heterocycles. The van der Waals surface area contributed by atoms with Crippen LogP contribution < -0.4 is 9.64 Å². The summed E-state index contributed by atoms with van der Waals surface area (Å²) in [7, 11) is 4.05. The van der Waals surface area contributed by atoms with E-state index < -0.39 is 0 Å². The van der Waals surface area contributed by atoms with Crippen LogP contribution in [0.1, 0.15) is 29.9 Å². The fourth-order valence-corrected chi connectivity index (χ4v) is 6.97. The van der Waals surface area contributed by atoms with Crippen LogP contribution in [-0.4, -0.2) is 44.2 Å². The monoisotopic (exact) mass is 424 g/mol. The van der Waals surface area contributed by atoms with E-state index in [2.05, 4.69) is 74.8 Å². The van der Waals surface area contributed by atoms with E-state index in [9.17, 15) is 0 Å². The molecular weight excluding hydrogens is 396 g/mol. The first-order valence-corrected chi connectivity index (χ1v) is 12.3. The molecule has 0 amide bonds. The predicted octanol–water partition coefficient (Wildman–Crippen LogP) is 5.55. The highest BCUT2D eigenvalue weighted by atomic mass is 32.1. The molecule has 2 atom stereocenters. The van der Waals surface area contributed by atoms with Crippen molar-refractivity contribution in [1.29, 1.82) is 0 Å². The molecule has 1 aromatic carbocycles. The number of fused-ring (bicyclic) bond motifs is 3. The number of nitrogens with zero attached hydrogens (tertiary/aromatic N) is 2. The molecule has 2 aromatic heterocycles. The number of ether oxygens (including phenoxy) is 1. The Hall–Kier alpha value is -1.82. The Kier molecular flexibility index (Phi) is 5.37. The van der Waals surface area contributed by atoms with Crippen molar-refractivity contribution in [2.75, 3.05) is 32.1 Å². The lowest BCUT2D eigenvalue weighted by atomic mass is 9.70. The van der Waals surface area contributed by atoms with Crippen LogP contribution in [0.2, 0.25) is 0 Å². The molecule has 3 fully saturated rings. The maximum atomic E-state index is 5.73. The quantitative estimate of drug-likeness (QED) is 0.516. The summed E-state index contributed by atoms with van der Waals surface area (Å²) in [4.78, 5) is 5.28. The van der Waals surface area contributed by atoms with Gasteiger partial charge in [0.1, 0.15) is 5.75 Å². The van der Waals surface area contributed by atoms with E-state index in [0.717, 1.165) is 11.7 Å². The second kappa shape index (κ2) is 8.13. The maximum Gasteiger partial charge on any atom is 0.142 e. The highest BCUT2D eigenvalue weighted by molar-refractivity contribution is 7.08. The number of anilines is 1. The van der Waals surface area contributed by atoms with Gasteiger partial charge in [-0.25, -0.2) is 0 Å². The first-order chi connectivity index (χ1) is 14.3. The molecule has 6 rings (SSSR count). The highest BCUT2D eigenvalue weighted by Gasteiger charge is 2.48. The molecule has 2 unspecified atom stereocenters. The minimum Gasteiger partial charge on any atom is -0.495 e. The minimum absolute atomic E-state index is 0.415. The van der Waals surface area contributed by atoms with Gasteiger partial charge in [0.15, 0.2) is 0 Å². The summed E-state index contributed by atoms with van der Waals surface area (Å²) in [6.07, 6.45) is 2.58. The molecule has 3 aliphatic rings. The lowest BCUT2D eigenvalue weighted by Gasteiger charge is -2.56. The van der Waals surface area contributed by atoms with Gasteiger partial charge in [-0.05, 0) is 88.8 Å². The summed E-state index contributed by atoms with van der Waals surface area (Å²) in [5, 5.41) is 9.16. The van der Waals surface area contributed by atoms with Crippen molar-refractivity contribution in [2.24, 2.45) is 5.92 Å². The van der Waals surface area contributed by atoms with Crippen molar-refractivity contribution in [2.45, 2.75) is 30.8 Å². The summed E-state index contributed by atoms with van der Waals surface area (Å²) in [6, 6.07) is 14.1. The molecular formula is C24H28N2OS2. The molecule has 5 heteroatoms. The van der Waals surface area contributed by atoms with Gasteiger partial charge in [-0.15, -0.1) is 0 Å². The third kappa shape index (κ3) is 3.39. The summed E-state index contributed by atoms with van der Waals surface area (Å²) in [5.74, 6) is 2.10. The Morgan fingerprint density at radius 2 is 1.66 bits per heavy atom. The molecule has 3 nitrogen and oxygen atoms in total. The van der Waals surface area contributed by atoms with Gasteiger partial charge in [0, 0.05) is 25.0 Å². The number of thiophene rings is 2. The van der Waals surface area contributed by atoms with E-state index in [0.29, 0.717) is 18.0 Å². The summed E-state index contributed by atoms with van der Waals surface area (Å²) < 4.78 is 5.73. The fourth-order valence-electron chi connectivity index (χ4n) is 5.58. The van der Waals surface area contributed by atoms with Crippen molar-refractivity contribution >= 4 is 28.4 Å². The number of para-hydroxylation sites is 2. The Morgan fingerprint density at radius 3 is 2.24 bits per heavy atom. The first kappa shape index (κ1) is 19.2. The van der Waals surface area contributed by atoms with Gasteiger partial charge in [-0.3, -0.25) is 4.90 Å². The second-order valence-electron chi connectivity index (χ2n) is 8.23. The number of hydrogen-bond donors (Lipinski definition) is 0. The molecule has 0 saturated carbocycles. The average Bonchev–Trinajstić information content (AvgIpc) is 3.49. The second-order valence-corrected chi connectivity index (χ2v) is 9.79. The van der Waals surface area contributed by atoms with Gasteiger partial charge in [-0.2, -0.15) is 22.7 Å². The van der Waals surface area contributed by atoms with Crippen LogP contribution in [0.3, 0.4) is 0 Å². The first-order valence-electron chi connectivity index (χ1n) is 10.4. The van der Waals surface area contributed by atoms with Crippen LogP contribution in [0, 0.1) is 5.92 Å². The number of methoxy groups -OCH3 is 1. The smallest absolute Gasteiger partial charge is 0.142 e. The zero-order valence-electron chi connectivity index (χ0n) is 17.0. The van der Waals surface area contributed by atoms with Crippen molar-refractivity contribution < 1.29 is 4.74 Å². The molecule has 29 heavy (non-hydrogen) atoms. The van der Waals surface area contributed by atoms with Crippen molar-refractivity contribution in [3.63, 3.8) is 0 Å². The van der Waals surface area contributed by atoms with Gasteiger partial charge in [0.05, 0.1) is 12.8 Å². The van der Waals surface area contributed by atoms with E-state index in [1.807, 2.05) is 22.7 Å². The average molecular weight is 425 g/mol. The Morgan fingerprint density at radius 1 is 1.00 bits per heavy atom. The van der Waals surface area contributed by atoms with Crippen LogP contribution >= 0.6 is 22.7 Å². The van der Waals surface area contributed by atoms with Gasteiger partial charge in [-0.1, -0.05) is 12.1 Å². The number of hydrogen-bond acceptors (Lipinski definition) is 5. The highest BCUT2D eigenvalue weighted by Crippen LogP contribution is 2.46. The van der Waals surface area contributed by atoms with Crippen LogP contribution in [0.5, 0.6) is 5.75 Å². The number of rotatable bonds is 6. The van der Waals surface area contributed by atoms with Crippen LogP contribution in [0.25, 0.3) is 0 Å². The number of benzene rings is 1. The molecule has 3 aliphatic heterocycles. The van der Waals surface area contributed by atoms with Crippen LogP contribution in [0.15, 0.2) is 57.9 Å². The molecule has 0 radical (unpaired) electrons. The Bertz CT molecular complexity index is 882. The Labute approximate surface area is 181 Å². The SMILES string of the molecule is COc1ccccc1N(C)C1C2CCN(CC2)C1C(c1ccsc1)c1ccsc1. The van der Waals surface area contributed by atoms with Gasteiger partial charge < -0.3 is 9.64 Å². The van der Waals surface area contributed by atoms with Crippen LogP contribution in [-0.2, 0) is 0 Å². The zero-order chi connectivity index (χ0) is 19.8. The topological polar surface area (TPSA) is 15.7 Å². The summed E-state index contributed by atoms with van der Waals surface area (Å²) in [6.45, 7) is 2.44. The van der Waals surface area contributed by atoms with Crippen molar-refractivity contribution in [1.82, 2.24) is 4.90 Å². The number of piperidine rings is 3. The number of likely N-dealkylation sites (N-methyl/N-ethyl adjacent to an activating group) is 1. The van der Waals surface area contributed by atoms with Gasteiger partial charge in [0.25, 0.3) is 0 Å². The normalized spacial score (nSPS) is 26.0.